The van der Waals surface area contributed by atoms with E-state index in [9.17, 15) is 0 Å². The summed E-state index contributed by atoms with van der Waals surface area (Å²) in [5.74, 6) is 0.322. The molecule has 0 aromatic carbocycles. The van der Waals surface area contributed by atoms with Crippen molar-refractivity contribution in [3.05, 3.63) is 30.0 Å². The van der Waals surface area contributed by atoms with Crippen LogP contribution in [0.5, 0.6) is 0 Å². The summed E-state index contributed by atoms with van der Waals surface area (Å²) in [6.07, 6.45) is 4.92. The van der Waals surface area contributed by atoms with Crippen LogP contribution in [0.2, 0.25) is 0 Å². The molecule has 0 fully saturated rings. The van der Waals surface area contributed by atoms with Gasteiger partial charge >= 0.3 is 0 Å². The molecule has 7 heavy (non-hydrogen) atoms. The molecule has 0 aromatic heterocycles. The molecule has 0 amide bonds. The Hall–Kier alpha value is -1.14. The Kier molecular flexibility index (Phi) is 0.886. The molecule has 0 aliphatic carbocycles. The van der Waals surface area contributed by atoms with Crippen LogP contribution in [0.25, 0.3) is 5.32 Å². The molecule has 0 saturated carbocycles. The first-order valence-electron chi connectivity index (χ1n) is 1.92. The Morgan fingerprint density at radius 3 is 2.86 bits per heavy atom. The molecule has 0 saturated heterocycles. The number of aliphatic imine (C=N–C) groups is 1. The molecule has 1 aliphatic rings. The number of rotatable bonds is 0. The Morgan fingerprint density at radius 1 is 1.71 bits per heavy atom. The molecule has 1 heterocycles. The quantitative estimate of drug-likeness (QED) is 0.402. The van der Waals surface area contributed by atoms with Gasteiger partial charge in [-0.1, -0.05) is 18.5 Å². The molecule has 2 nitrogen and oxygen atoms in total. The lowest BCUT2D eigenvalue weighted by atomic mass is 10.6. The first kappa shape index (κ1) is 4.03. The highest BCUT2D eigenvalue weighted by Crippen LogP contribution is 2.05. The smallest absolute Gasteiger partial charge is 0.207 e. The lowest BCUT2D eigenvalue weighted by Crippen LogP contribution is -1.76. The van der Waals surface area contributed by atoms with Crippen molar-refractivity contribution in [2.75, 3.05) is 0 Å². The summed E-state index contributed by atoms with van der Waals surface area (Å²) in [7, 11) is 0. The third kappa shape index (κ3) is 0.845. The molecule has 0 bridgehead atoms. The maximum atomic E-state index is 5.14. The standard InChI is InChI=1S/C5H4N2/c1-5-6-3-2-4-7-5/h1-4H. The van der Waals surface area contributed by atoms with E-state index in [4.69, 9.17) is 6.58 Å². The molecule has 1 rings (SSSR count). The predicted molar refractivity (Wildman–Crippen MR) is 28.8 cm³/mol. The summed E-state index contributed by atoms with van der Waals surface area (Å²) in [6.45, 7) is 5.14. The zero-order valence-electron chi connectivity index (χ0n) is 3.70. The summed E-state index contributed by atoms with van der Waals surface area (Å²) < 4.78 is 0. The monoisotopic (exact) mass is 92.0 g/mol. The fourth-order valence-electron chi connectivity index (χ4n) is 0.311. The van der Waals surface area contributed by atoms with Gasteiger partial charge in [-0.25, -0.2) is 0 Å². The second kappa shape index (κ2) is 1.54. The van der Waals surface area contributed by atoms with Crippen molar-refractivity contribution >= 4 is 6.21 Å². The van der Waals surface area contributed by atoms with Crippen LogP contribution in [0.4, 0.5) is 0 Å². The molecule has 0 radical (unpaired) electrons. The maximum Gasteiger partial charge on any atom is 0.207 e. The Bertz CT molecular complexity index is 133. The minimum Gasteiger partial charge on any atom is -0.396 e. The van der Waals surface area contributed by atoms with E-state index in [1.807, 2.05) is 0 Å². The second-order valence-electron chi connectivity index (χ2n) is 1.11. The van der Waals surface area contributed by atoms with E-state index in [-0.39, 0.29) is 0 Å². The van der Waals surface area contributed by atoms with Crippen molar-refractivity contribution in [2.24, 2.45) is 4.99 Å². The largest absolute Gasteiger partial charge is 0.396 e. The third-order valence-electron chi connectivity index (χ3n) is 0.586. The number of nitrogens with zero attached hydrogens (tertiary/aromatic N) is 2. The second-order valence-corrected chi connectivity index (χ2v) is 1.11. The van der Waals surface area contributed by atoms with Crippen molar-refractivity contribution in [3.8, 4) is 0 Å². The first-order valence-corrected chi connectivity index (χ1v) is 1.92. The number of hydrogen-bond acceptors (Lipinski definition) is 1. The van der Waals surface area contributed by atoms with Crippen LogP contribution in [0, 0.1) is 6.58 Å². The first-order chi connectivity index (χ1) is 3.39. The lowest BCUT2D eigenvalue weighted by molar-refractivity contribution is 1.37. The molecule has 34 valence electrons. The van der Waals surface area contributed by atoms with Gasteiger partial charge in [0.25, 0.3) is 0 Å². The average molecular weight is 92.1 g/mol. The molecular formula is C5H4N2. The van der Waals surface area contributed by atoms with Gasteiger partial charge in [-0.2, -0.15) is 0 Å². The van der Waals surface area contributed by atoms with Gasteiger partial charge in [0, 0.05) is 0 Å². The topological polar surface area (TPSA) is 26.5 Å². The van der Waals surface area contributed by atoms with Crippen LogP contribution in [0.15, 0.2) is 23.1 Å². The molecule has 0 spiro atoms. The molecule has 2 heteroatoms. The minimum atomic E-state index is 0.322. The zero-order valence-corrected chi connectivity index (χ0v) is 3.70. The number of hydrogen-bond donors (Lipinski definition) is 0. The van der Waals surface area contributed by atoms with Crippen LogP contribution in [-0.2, 0) is 0 Å². The highest BCUT2D eigenvalue weighted by atomic mass is 15.0. The van der Waals surface area contributed by atoms with Crippen LogP contribution in [0.1, 0.15) is 0 Å². The van der Waals surface area contributed by atoms with Gasteiger partial charge in [-0.05, 0) is 0 Å². The van der Waals surface area contributed by atoms with Crippen molar-refractivity contribution < 1.29 is 0 Å². The van der Waals surface area contributed by atoms with Crippen LogP contribution in [0.3, 0.4) is 0 Å². The maximum absolute atomic E-state index is 5.14. The normalized spacial score (nSPS) is 16.7. The van der Waals surface area contributed by atoms with Crippen LogP contribution < -0.4 is 0 Å². The van der Waals surface area contributed by atoms with Crippen LogP contribution in [-0.4, -0.2) is 6.21 Å². The SMILES string of the molecule is [CH+]=C1N=CC=C[N-]1. The van der Waals surface area contributed by atoms with Crippen molar-refractivity contribution in [1.82, 2.24) is 0 Å². The van der Waals surface area contributed by atoms with Crippen molar-refractivity contribution in [1.29, 1.82) is 0 Å². The van der Waals surface area contributed by atoms with Crippen LogP contribution >= 0.6 is 0 Å². The van der Waals surface area contributed by atoms with E-state index < -0.39 is 0 Å². The molecule has 0 N–H and O–H groups in total. The minimum absolute atomic E-state index is 0.322. The Morgan fingerprint density at radius 2 is 2.57 bits per heavy atom. The summed E-state index contributed by atoms with van der Waals surface area (Å²) in [4.78, 5) is 3.65. The summed E-state index contributed by atoms with van der Waals surface area (Å²) in [5.41, 5.74) is 0. The van der Waals surface area contributed by atoms with Gasteiger partial charge in [-0.15, -0.1) is 0 Å². The highest BCUT2D eigenvalue weighted by molar-refractivity contribution is 5.75. The lowest BCUT2D eigenvalue weighted by Gasteiger charge is -2.02. The molecular weight excluding hydrogens is 88.1 g/mol. The summed E-state index contributed by atoms with van der Waals surface area (Å²) >= 11 is 0. The van der Waals surface area contributed by atoms with Gasteiger partial charge in [0.1, 0.15) is 0 Å². The van der Waals surface area contributed by atoms with Gasteiger partial charge < -0.3 is 10.3 Å². The highest BCUT2D eigenvalue weighted by Gasteiger charge is 1.81. The van der Waals surface area contributed by atoms with Gasteiger partial charge in [0.2, 0.25) is 6.58 Å². The fourth-order valence-corrected chi connectivity index (χ4v) is 0.311. The van der Waals surface area contributed by atoms with Crippen molar-refractivity contribution in [2.45, 2.75) is 0 Å². The average Bonchev–Trinajstić information content (AvgIpc) is 1.69. The predicted octanol–water partition coefficient (Wildman–Crippen LogP) is 1.23. The molecule has 0 aromatic rings. The van der Waals surface area contributed by atoms with E-state index in [0.29, 0.717) is 5.82 Å². The summed E-state index contributed by atoms with van der Waals surface area (Å²) in [6, 6.07) is 0. The van der Waals surface area contributed by atoms with Gasteiger partial charge in [-0.3, -0.25) is 0 Å². The van der Waals surface area contributed by atoms with E-state index in [1.54, 1.807) is 18.5 Å². The molecule has 0 atom stereocenters. The third-order valence-corrected chi connectivity index (χ3v) is 0.586. The molecule has 1 aliphatic heterocycles. The number of allylic oxidation sites excluding steroid dienone is 1. The van der Waals surface area contributed by atoms with Gasteiger partial charge in [0.15, 0.2) is 5.82 Å². The molecule has 0 unspecified atom stereocenters. The fraction of sp³-hybridized carbons (Fsp3) is 0. The van der Waals surface area contributed by atoms with E-state index in [0.717, 1.165) is 0 Å². The Balaban J connectivity index is 2.66. The van der Waals surface area contributed by atoms with E-state index in [1.165, 1.54) is 0 Å². The Labute approximate surface area is 42.3 Å². The van der Waals surface area contributed by atoms with Crippen molar-refractivity contribution in [3.63, 3.8) is 0 Å². The van der Waals surface area contributed by atoms with Gasteiger partial charge in [0.05, 0.1) is 0 Å². The van der Waals surface area contributed by atoms with E-state index >= 15 is 0 Å². The zero-order chi connectivity index (χ0) is 5.11. The summed E-state index contributed by atoms with van der Waals surface area (Å²) in [5, 5.41) is 3.65. The van der Waals surface area contributed by atoms with E-state index in [2.05, 4.69) is 10.3 Å².